The molecular formula is C22H24N2O7. The summed E-state index contributed by atoms with van der Waals surface area (Å²) in [6.07, 6.45) is 0.0424. The number of hydrogen-bond donors (Lipinski definition) is 3. The highest BCUT2D eigenvalue weighted by molar-refractivity contribution is 6.32. The Morgan fingerprint density at radius 3 is 2.39 bits per heavy atom. The maximum absolute atomic E-state index is 13.6. The van der Waals surface area contributed by atoms with E-state index in [-0.39, 0.29) is 23.7 Å². The largest absolute Gasteiger partial charge is 0.507 e. The lowest BCUT2D eigenvalue weighted by molar-refractivity contribution is -0.181. The summed E-state index contributed by atoms with van der Waals surface area (Å²) in [5, 5.41) is 21.7. The van der Waals surface area contributed by atoms with Gasteiger partial charge in [0.1, 0.15) is 5.75 Å². The summed E-state index contributed by atoms with van der Waals surface area (Å²) >= 11 is 0. The van der Waals surface area contributed by atoms with Crippen molar-refractivity contribution in [3.05, 3.63) is 29.3 Å². The van der Waals surface area contributed by atoms with Gasteiger partial charge in [0.15, 0.2) is 34.7 Å². The number of aliphatic hydroxyl groups is 1. The van der Waals surface area contributed by atoms with Crippen molar-refractivity contribution in [3.8, 4) is 5.75 Å². The van der Waals surface area contributed by atoms with Crippen LogP contribution in [0, 0.1) is 23.7 Å². The van der Waals surface area contributed by atoms with Crippen molar-refractivity contribution in [1.29, 1.82) is 0 Å². The first kappa shape index (κ1) is 21.3. The number of benzene rings is 1. The predicted molar refractivity (Wildman–Crippen MR) is 106 cm³/mol. The number of carbonyl (C=O) groups is 5. The molecule has 2 unspecified atom stereocenters. The summed E-state index contributed by atoms with van der Waals surface area (Å²) in [6, 6.07) is 3.54. The molecule has 9 heteroatoms. The maximum atomic E-state index is 13.6. The van der Waals surface area contributed by atoms with Crippen LogP contribution in [0.15, 0.2) is 18.2 Å². The number of carbonyl (C=O) groups excluding carboxylic acids is 5. The molecule has 1 aromatic carbocycles. The van der Waals surface area contributed by atoms with E-state index in [1.54, 1.807) is 26.2 Å². The quantitative estimate of drug-likeness (QED) is 0.529. The van der Waals surface area contributed by atoms with Gasteiger partial charge in [0.2, 0.25) is 5.91 Å². The minimum atomic E-state index is -2.69. The van der Waals surface area contributed by atoms with Gasteiger partial charge in [0.25, 0.3) is 0 Å². The molecule has 0 bridgehead atoms. The van der Waals surface area contributed by atoms with Crippen molar-refractivity contribution < 1.29 is 34.2 Å². The van der Waals surface area contributed by atoms with Gasteiger partial charge >= 0.3 is 0 Å². The number of nitrogens with two attached hydrogens (primary N) is 1. The van der Waals surface area contributed by atoms with Crippen molar-refractivity contribution in [1.82, 2.24) is 4.90 Å². The fourth-order valence-electron chi connectivity index (χ4n) is 5.88. The second-order valence-electron chi connectivity index (χ2n) is 9.02. The van der Waals surface area contributed by atoms with Crippen molar-refractivity contribution in [2.75, 3.05) is 14.1 Å². The van der Waals surface area contributed by atoms with E-state index in [1.165, 1.54) is 11.0 Å². The summed E-state index contributed by atoms with van der Waals surface area (Å²) < 4.78 is 0. The summed E-state index contributed by atoms with van der Waals surface area (Å²) in [5.74, 6) is -10.6. The average molecular weight is 428 g/mol. The monoisotopic (exact) mass is 428 g/mol. The van der Waals surface area contributed by atoms with Gasteiger partial charge in [0.05, 0.1) is 17.5 Å². The molecule has 2 fully saturated rings. The third kappa shape index (κ3) is 2.59. The van der Waals surface area contributed by atoms with Crippen LogP contribution < -0.4 is 5.73 Å². The number of fused-ring (bicyclic) bond motifs is 3. The lowest BCUT2D eigenvalue weighted by Gasteiger charge is -2.53. The van der Waals surface area contributed by atoms with Gasteiger partial charge in [0, 0.05) is 5.92 Å². The Hall–Kier alpha value is -2.91. The number of nitrogens with zero attached hydrogens (tertiary/aromatic N) is 1. The molecule has 1 amide bonds. The predicted octanol–water partition coefficient (Wildman–Crippen LogP) is -0.572. The fraction of sp³-hybridized carbons (Fsp3) is 0.500. The van der Waals surface area contributed by atoms with Gasteiger partial charge in [-0.15, -0.1) is 0 Å². The van der Waals surface area contributed by atoms with E-state index < -0.39 is 64.4 Å². The Morgan fingerprint density at radius 2 is 1.81 bits per heavy atom. The number of aromatic hydroxyl groups is 1. The standard InChI is InChI=1S/C22H24N2O7/c1-8-9-5-4-6-12(25)13(9)17(26)14-10(8)7-11-16(24(2)3)18(27)15(21(23)30)20(29)22(11,31)19(14)28/h4-6,8,10-11,14-16,25,31H,7H2,1-3H3,(H2,23,30)/t8-,10+,11-,14?,15?,16-,22-/m0/s1. The van der Waals surface area contributed by atoms with Crippen LogP contribution in [0.25, 0.3) is 0 Å². The molecule has 31 heavy (non-hydrogen) atoms. The van der Waals surface area contributed by atoms with Gasteiger partial charge in [-0.1, -0.05) is 19.1 Å². The summed E-state index contributed by atoms with van der Waals surface area (Å²) in [4.78, 5) is 66.3. The van der Waals surface area contributed by atoms with E-state index in [0.29, 0.717) is 5.56 Å². The van der Waals surface area contributed by atoms with Gasteiger partial charge in [-0.05, 0) is 44.0 Å². The van der Waals surface area contributed by atoms with Crippen LogP contribution in [0.4, 0.5) is 0 Å². The first-order chi connectivity index (χ1) is 14.4. The number of ketones is 4. The Morgan fingerprint density at radius 1 is 1.16 bits per heavy atom. The molecule has 3 aliphatic rings. The highest BCUT2D eigenvalue weighted by atomic mass is 16.3. The average Bonchev–Trinajstić information content (AvgIpc) is 2.68. The molecule has 0 radical (unpaired) electrons. The third-order valence-electron chi connectivity index (χ3n) is 7.32. The van der Waals surface area contributed by atoms with E-state index in [9.17, 15) is 34.2 Å². The number of hydrogen-bond acceptors (Lipinski definition) is 8. The van der Waals surface area contributed by atoms with E-state index in [1.807, 2.05) is 6.92 Å². The number of likely N-dealkylation sites (N-methyl/N-ethyl adjacent to an activating group) is 1. The van der Waals surface area contributed by atoms with Crippen LogP contribution in [-0.4, -0.2) is 69.9 Å². The van der Waals surface area contributed by atoms with Crippen LogP contribution in [0.3, 0.4) is 0 Å². The summed E-state index contributed by atoms with van der Waals surface area (Å²) in [5.41, 5.74) is 3.17. The number of phenolic OH excluding ortho intramolecular Hbond substituents is 1. The first-order valence-electron chi connectivity index (χ1n) is 10.1. The molecular weight excluding hydrogens is 404 g/mol. The lowest BCUT2D eigenvalue weighted by atomic mass is 9.50. The Labute approximate surface area is 178 Å². The molecule has 4 rings (SSSR count). The fourth-order valence-corrected chi connectivity index (χ4v) is 5.88. The van der Waals surface area contributed by atoms with Crippen LogP contribution in [0.2, 0.25) is 0 Å². The van der Waals surface area contributed by atoms with Gasteiger partial charge in [-0.2, -0.15) is 0 Å². The lowest BCUT2D eigenvalue weighted by Crippen LogP contribution is -2.74. The number of rotatable bonds is 2. The van der Waals surface area contributed by atoms with Crippen LogP contribution in [-0.2, 0) is 19.2 Å². The molecule has 0 saturated heterocycles. The van der Waals surface area contributed by atoms with Crippen molar-refractivity contribution >= 4 is 29.0 Å². The Kier molecular flexibility index (Phi) is 4.68. The smallest absolute Gasteiger partial charge is 0.235 e. The van der Waals surface area contributed by atoms with Crippen LogP contribution in [0.5, 0.6) is 5.75 Å². The van der Waals surface area contributed by atoms with E-state index >= 15 is 0 Å². The zero-order valence-electron chi connectivity index (χ0n) is 17.4. The second-order valence-corrected chi connectivity index (χ2v) is 9.02. The molecule has 0 heterocycles. The summed E-state index contributed by atoms with van der Waals surface area (Å²) in [7, 11) is 3.10. The maximum Gasteiger partial charge on any atom is 0.235 e. The first-order valence-corrected chi connectivity index (χ1v) is 10.1. The molecule has 3 aliphatic carbocycles. The van der Waals surface area contributed by atoms with Crippen molar-refractivity contribution in [2.24, 2.45) is 29.4 Å². The molecule has 1 aromatic rings. The molecule has 7 atom stereocenters. The number of Topliss-reactive ketones (excluding diaryl/α,β-unsaturated/α-hetero) is 4. The molecule has 2 saturated carbocycles. The molecule has 0 aromatic heterocycles. The minimum Gasteiger partial charge on any atom is -0.507 e. The van der Waals surface area contributed by atoms with Gasteiger partial charge in [-0.25, -0.2) is 0 Å². The molecule has 0 aliphatic heterocycles. The Bertz CT molecular complexity index is 1050. The van der Waals surface area contributed by atoms with Crippen molar-refractivity contribution in [2.45, 2.75) is 30.9 Å². The summed E-state index contributed by atoms with van der Waals surface area (Å²) in [6.45, 7) is 1.81. The third-order valence-corrected chi connectivity index (χ3v) is 7.32. The molecule has 9 nitrogen and oxygen atoms in total. The van der Waals surface area contributed by atoms with Gasteiger partial charge in [-0.3, -0.25) is 28.9 Å². The number of amides is 1. The SMILES string of the molecule is C[C@H]1c2cccc(O)c2C(=O)C2C(=O)[C@]3(O)C(=O)C(C(N)=O)C(=O)[C@@H](N(C)C)[C@@H]3C[C@@H]21. The molecule has 164 valence electrons. The molecule has 0 spiro atoms. The zero-order chi connectivity index (χ0) is 23.0. The van der Waals surface area contributed by atoms with Gasteiger partial charge < -0.3 is 15.9 Å². The van der Waals surface area contributed by atoms with Crippen LogP contribution in [0.1, 0.15) is 35.2 Å². The van der Waals surface area contributed by atoms with E-state index in [2.05, 4.69) is 0 Å². The van der Waals surface area contributed by atoms with E-state index in [0.717, 1.165) is 0 Å². The highest BCUT2D eigenvalue weighted by Crippen LogP contribution is 2.54. The Balaban J connectivity index is 1.91. The number of phenols is 1. The second kappa shape index (κ2) is 6.80. The topological polar surface area (TPSA) is 155 Å². The van der Waals surface area contributed by atoms with Crippen molar-refractivity contribution in [3.63, 3.8) is 0 Å². The minimum absolute atomic E-state index is 0.00148. The highest BCUT2D eigenvalue weighted by Gasteiger charge is 2.69. The van der Waals surface area contributed by atoms with Crippen LogP contribution >= 0.6 is 0 Å². The number of primary amides is 1. The van der Waals surface area contributed by atoms with E-state index in [4.69, 9.17) is 5.73 Å². The zero-order valence-corrected chi connectivity index (χ0v) is 17.4. The molecule has 4 N–H and O–H groups in total. The normalized spacial score (nSPS) is 37.3.